The number of carbonyl (C=O) groups is 1. The van der Waals surface area contributed by atoms with E-state index in [2.05, 4.69) is 15.3 Å². The summed E-state index contributed by atoms with van der Waals surface area (Å²) < 4.78 is 0. The zero-order valence-electron chi connectivity index (χ0n) is 11.3. The van der Waals surface area contributed by atoms with Gasteiger partial charge in [-0.15, -0.1) is 0 Å². The largest absolute Gasteiger partial charge is 0.399 e. The van der Waals surface area contributed by atoms with Gasteiger partial charge in [0.15, 0.2) is 0 Å². The Morgan fingerprint density at radius 3 is 3.00 bits per heavy atom. The van der Waals surface area contributed by atoms with Crippen molar-refractivity contribution >= 4 is 28.3 Å². The lowest BCUT2D eigenvalue weighted by Gasteiger charge is -2.19. The Labute approximate surface area is 117 Å². The molecule has 3 N–H and O–H groups in total. The zero-order valence-corrected chi connectivity index (χ0v) is 11.3. The van der Waals surface area contributed by atoms with Gasteiger partial charge in [0.05, 0.1) is 12.1 Å². The monoisotopic (exact) mass is 271 g/mol. The molecule has 2 aromatic rings. The number of aromatic nitrogens is 2. The summed E-state index contributed by atoms with van der Waals surface area (Å²) in [5, 5.41) is 3.82. The second-order valence-electron chi connectivity index (χ2n) is 5.17. The lowest BCUT2D eigenvalue weighted by Crippen LogP contribution is -2.36. The van der Waals surface area contributed by atoms with Crippen LogP contribution in [-0.2, 0) is 4.79 Å². The van der Waals surface area contributed by atoms with E-state index >= 15 is 0 Å². The molecule has 104 valence electrons. The highest BCUT2D eigenvalue weighted by Crippen LogP contribution is 2.24. The highest BCUT2D eigenvalue weighted by atomic mass is 16.2. The summed E-state index contributed by atoms with van der Waals surface area (Å²) in [6.45, 7) is 0.275. The Morgan fingerprint density at radius 2 is 2.25 bits per heavy atom. The van der Waals surface area contributed by atoms with Gasteiger partial charge in [-0.1, -0.05) is 0 Å². The fourth-order valence-electron chi connectivity index (χ4n) is 2.16. The normalized spacial score (nSPS) is 14.2. The predicted octanol–water partition coefficient (Wildman–Crippen LogP) is 0.927. The van der Waals surface area contributed by atoms with Crippen LogP contribution in [0.5, 0.6) is 0 Å². The Bertz CT molecular complexity index is 653. The molecular weight excluding hydrogens is 254 g/mol. The van der Waals surface area contributed by atoms with Crippen molar-refractivity contribution in [2.75, 3.05) is 24.2 Å². The van der Waals surface area contributed by atoms with Crippen LogP contribution < -0.4 is 16.0 Å². The summed E-state index contributed by atoms with van der Waals surface area (Å²) in [6, 6.07) is 5.86. The van der Waals surface area contributed by atoms with Crippen LogP contribution in [0.3, 0.4) is 0 Å². The third-order valence-corrected chi connectivity index (χ3v) is 3.32. The van der Waals surface area contributed by atoms with E-state index in [1.165, 1.54) is 6.33 Å². The molecule has 0 radical (unpaired) electrons. The Hall–Kier alpha value is -2.37. The van der Waals surface area contributed by atoms with Crippen LogP contribution in [-0.4, -0.2) is 35.5 Å². The van der Waals surface area contributed by atoms with Crippen LogP contribution in [0.2, 0.25) is 0 Å². The minimum atomic E-state index is 0.0191. The van der Waals surface area contributed by atoms with Crippen molar-refractivity contribution in [1.29, 1.82) is 0 Å². The molecule has 1 aromatic heterocycles. The summed E-state index contributed by atoms with van der Waals surface area (Å²) in [4.78, 5) is 22.2. The molecule has 0 spiro atoms. The Morgan fingerprint density at radius 1 is 1.45 bits per heavy atom. The maximum Gasteiger partial charge on any atom is 0.239 e. The number of benzene rings is 1. The first-order valence-corrected chi connectivity index (χ1v) is 6.64. The molecule has 6 heteroatoms. The summed E-state index contributed by atoms with van der Waals surface area (Å²) in [5.74, 6) is 0.735. The standard InChI is InChI=1S/C14H17N5O/c1-19(7-13(20)18-10-3-4-10)14-11-6-9(15)2-5-12(11)16-8-17-14/h2,5-6,8,10H,3-4,7,15H2,1H3,(H,18,20). The van der Waals surface area contributed by atoms with Gasteiger partial charge < -0.3 is 16.0 Å². The molecule has 1 heterocycles. The molecule has 1 amide bonds. The number of nitrogens with zero attached hydrogens (tertiary/aromatic N) is 3. The van der Waals surface area contributed by atoms with Crippen molar-refractivity contribution in [1.82, 2.24) is 15.3 Å². The minimum absolute atomic E-state index is 0.0191. The molecule has 1 aliphatic carbocycles. The SMILES string of the molecule is CN(CC(=O)NC1CC1)c1ncnc2ccc(N)cc12. The van der Waals surface area contributed by atoms with Crippen LogP contribution >= 0.6 is 0 Å². The van der Waals surface area contributed by atoms with Gasteiger partial charge >= 0.3 is 0 Å². The first-order valence-electron chi connectivity index (χ1n) is 6.64. The number of nitrogen functional groups attached to an aromatic ring is 1. The lowest BCUT2D eigenvalue weighted by atomic mass is 10.2. The van der Waals surface area contributed by atoms with E-state index in [0.29, 0.717) is 17.5 Å². The van der Waals surface area contributed by atoms with Gasteiger partial charge in [0.25, 0.3) is 0 Å². The van der Waals surface area contributed by atoms with Gasteiger partial charge in [-0.25, -0.2) is 9.97 Å². The molecular formula is C14H17N5O. The van der Waals surface area contributed by atoms with Gasteiger partial charge in [-0.05, 0) is 31.0 Å². The maximum absolute atomic E-state index is 11.9. The van der Waals surface area contributed by atoms with E-state index in [9.17, 15) is 4.79 Å². The number of carbonyl (C=O) groups excluding carboxylic acids is 1. The molecule has 0 atom stereocenters. The molecule has 0 saturated heterocycles. The van der Waals surface area contributed by atoms with Gasteiger partial charge in [-0.2, -0.15) is 0 Å². The molecule has 0 bridgehead atoms. The third-order valence-electron chi connectivity index (χ3n) is 3.32. The lowest BCUT2D eigenvalue weighted by molar-refractivity contribution is -0.119. The minimum Gasteiger partial charge on any atom is -0.399 e. The zero-order chi connectivity index (χ0) is 14.1. The summed E-state index contributed by atoms with van der Waals surface area (Å²) >= 11 is 0. The van der Waals surface area contributed by atoms with Gasteiger partial charge in [0.1, 0.15) is 12.1 Å². The number of likely N-dealkylation sites (N-methyl/N-ethyl adjacent to an activating group) is 1. The van der Waals surface area contributed by atoms with Crippen molar-refractivity contribution < 1.29 is 4.79 Å². The fraction of sp³-hybridized carbons (Fsp3) is 0.357. The summed E-state index contributed by atoms with van der Waals surface area (Å²) in [7, 11) is 1.84. The molecule has 20 heavy (non-hydrogen) atoms. The number of rotatable bonds is 4. The predicted molar refractivity (Wildman–Crippen MR) is 78.4 cm³/mol. The van der Waals surface area contributed by atoms with E-state index in [0.717, 1.165) is 23.7 Å². The van der Waals surface area contributed by atoms with Crippen molar-refractivity contribution in [2.45, 2.75) is 18.9 Å². The number of anilines is 2. The second kappa shape index (κ2) is 4.96. The number of fused-ring (bicyclic) bond motifs is 1. The topological polar surface area (TPSA) is 84.1 Å². The van der Waals surface area contributed by atoms with Crippen LogP contribution in [0, 0.1) is 0 Å². The summed E-state index contributed by atoms with van der Waals surface area (Å²) in [6.07, 6.45) is 3.67. The first kappa shape index (κ1) is 12.7. The highest BCUT2D eigenvalue weighted by Gasteiger charge is 2.24. The Kier molecular flexibility index (Phi) is 3.14. The fourth-order valence-corrected chi connectivity index (χ4v) is 2.16. The van der Waals surface area contributed by atoms with E-state index in [1.807, 2.05) is 24.1 Å². The quantitative estimate of drug-likeness (QED) is 0.808. The molecule has 0 aliphatic heterocycles. The number of hydrogen-bond donors (Lipinski definition) is 2. The van der Waals surface area contributed by atoms with Crippen molar-refractivity contribution in [3.8, 4) is 0 Å². The molecule has 6 nitrogen and oxygen atoms in total. The van der Waals surface area contributed by atoms with Gasteiger partial charge in [-0.3, -0.25) is 4.79 Å². The van der Waals surface area contributed by atoms with Crippen molar-refractivity contribution in [2.24, 2.45) is 0 Å². The Balaban J connectivity index is 1.84. The number of amides is 1. The second-order valence-corrected chi connectivity index (χ2v) is 5.17. The van der Waals surface area contributed by atoms with Crippen molar-refractivity contribution in [3.63, 3.8) is 0 Å². The van der Waals surface area contributed by atoms with E-state index in [4.69, 9.17) is 5.73 Å². The molecule has 1 aromatic carbocycles. The third kappa shape index (κ3) is 2.64. The molecule has 1 saturated carbocycles. The van der Waals surface area contributed by atoms with E-state index in [1.54, 1.807) is 6.07 Å². The number of nitrogens with two attached hydrogens (primary N) is 1. The van der Waals surface area contributed by atoms with Crippen LogP contribution in [0.15, 0.2) is 24.5 Å². The average molecular weight is 271 g/mol. The summed E-state index contributed by atoms with van der Waals surface area (Å²) in [5.41, 5.74) is 7.29. The van der Waals surface area contributed by atoms with E-state index < -0.39 is 0 Å². The van der Waals surface area contributed by atoms with Crippen LogP contribution in [0.4, 0.5) is 11.5 Å². The number of nitrogens with one attached hydrogen (secondary N) is 1. The average Bonchev–Trinajstić information content (AvgIpc) is 3.21. The van der Waals surface area contributed by atoms with Crippen LogP contribution in [0.25, 0.3) is 10.9 Å². The molecule has 3 rings (SSSR count). The van der Waals surface area contributed by atoms with Crippen molar-refractivity contribution in [3.05, 3.63) is 24.5 Å². The van der Waals surface area contributed by atoms with Gasteiger partial charge in [0, 0.05) is 24.2 Å². The first-order chi connectivity index (χ1) is 9.63. The smallest absolute Gasteiger partial charge is 0.239 e. The number of hydrogen-bond acceptors (Lipinski definition) is 5. The maximum atomic E-state index is 11.9. The van der Waals surface area contributed by atoms with Gasteiger partial charge in [0.2, 0.25) is 5.91 Å². The van der Waals surface area contributed by atoms with Crippen LogP contribution in [0.1, 0.15) is 12.8 Å². The molecule has 0 unspecified atom stereocenters. The molecule has 1 fully saturated rings. The highest BCUT2D eigenvalue weighted by molar-refractivity contribution is 5.93. The molecule has 1 aliphatic rings. The van der Waals surface area contributed by atoms with E-state index in [-0.39, 0.29) is 12.5 Å².